The summed E-state index contributed by atoms with van der Waals surface area (Å²) in [7, 11) is 0. The highest BCUT2D eigenvalue weighted by Crippen LogP contribution is 2.28. The summed E-state index contributed by atoms with van der Waals surface area (Å²) < 4.78 is 0. The highest BCUT2D eigenvalue weighted by Gasteiger charge is 2.10. The van der Waals surface area contributed by atoms with Gasteiger partial charge in [0.25, 0.3) is 0 Å². The highest BCUT2D eigenvalue weighted by atomic mass is 35.5. The summed E-state index contributed by atoms with van der Waals surface area (Å²) in [4.78, 5) is 3.36. The van der Waals surface area contributed by atoms with Gasteiger partial charge in [-0.05, 0) is 49.2 Å². The molecule has 0 aliphatic heterocycles. The van der Waals surface area contributed by atoms with Gasteiger partial charge >= 0.3 is 0 Å². The van der Waals surface area contributed by atoms with Crippen LogP contribution in [0.25, 0.3) is 10.9 Å². The lowest BCUT2D eigenvalue weighted by Crippen LogP contribution is -2.09. The molecule has 1 heterocycles. The molecule has 3 rings (SSSR count). The molecule has 2 nitrogen and oxygen atoms in total. The zero-order valence-corrected chi connectivity index (χ0v) is 13.2. The summed E-state index contributed by atoms with van der Waals surface area (Å²) >= 11 is 6.14. The predicted octanol–water partition coefficient (Wildman–Crippen LogP) is 4.98. The number of hydrogen-bond donors (Lipinski definition) is 1. The van der Waals surface area contributed by atoms with Gasteiger partial charge in [-0.25, -0.2) is 4.98 Å². The average Bonchev–Trinajstić information content (AvgIpc) is 2.43. The van der Waals surface area contributed by atoms with Gasteiger partial charge in [0, 0.05) is 29.8 Å². The van der Waals surface area contributed by atoms with E-state index in [0.717, 1.165) is 33.0 Å². The second-order valence-corrected chi connectivity index (χ2v) is 5.92. The lowest BCUT2D eigenvalue weighted by molar-refractivity contribution is -0.354. The maximum Gasteiger partial charge on any atom is 0.213 e. The van der Waals surface area contributed by atoms with Crippen LogP contribution in [0, 0.1) is 20.8 Å². The Morgan fingerprint density at radius 3 is 2.48 bits per heavy atom. The molecule has 0 unspecified atom stereocenters. The molecule has 106 valence electrons. The van der Waals surface area contributed by atoms with Gasteiger partial charge in [-0.3, -0.25) is 0 Å². The number of rotatable bonds is 2. The molecule has 0 saturated carbocycles. The van der Waals surface area contributed by atoms with Crippen LogP contribution in [0.1, 0.15) is 16.8 Å². The van der Waals surface area contributed by atoms with Crippen LogP contribution in [0.15, 0.2) is 42.5 Å². The summed E-state index contributed by atoms with van der Waals surface area (Å²) in [6.45, 7) is 6.30. The Morgan fingerprint density at radius 2 is 1.71 bits per heavy atom. The maximum absolute atomic E-state index is 6.14. The molecule has 3 heteroatoms. The molecule has 0 radical (unpaired) electrons. The van der Waals surface area contributed by atoms with E-state index in [9.17, 15) is 0 Å². The number of aryl methyl sites for hydroxylation is 3. The van der Waals surface area contributed by atoms with Crippen molar-refractivity contribution in [2.45, 2.75) is 20.8 Å². The fourth-order valence-electron chi connectivity index (χ4n) is 2.47. The van der Waals surface area contributed by atoms with Crippen molar-refractivity contribution in [3.05, 3.63) is 64.3 Å². The minimum absolute atomic E-state index is 0.739. The molecular weight excluding hydrogens is 280 g/mol. The summed E-state index contributed by atoms with van der Waals surface area (Å²) in [5.74, 6) is 0. The molecule has 0 aliphatic rings. The first kappa shape index (κ1) is 13.9. The molecule has 1 aromatic heterocycles. The molecule has 0 aliphatic carbocycles. The molecule has 0 saturated heterocycles. The molecule has 0 fully saturated rings. The smallest absolute Gasteiger partial charge is 0.213 e. The van der Waals surface area contributed by atoms with E-state index < -0.39 is 0 Å². The van der Waals surface area contributed by atoms with E-state index in [1.165, 1.54) is 11.1 Å². The molecule has 21 heavy (non-hydrogen) atoms. The van der Waals surface area contributed by atoms with Crippen LogP contribution in [0.4, 0.5) is 11.4 Å². The van der Waals surface area contributed by atoms with Gasteiger partial charge in [-0.15, -0.1) is 0 Å². The second kappa shape index (κ2) is 5.38. The summed E-state index contributed by atoms with van der Waals surface area (Å²) in [5.41, 5.74) is 6.91. The molecule has 0 bridgehead atoms. The average molecular weight is 298 g/mol. The van der Waals surface area contributed by atoms with Gasteiger partial charge < -0.3 is 5.32 Å². The summed E-state index contributed by atoms with van der Waals surface area (Å²) in [6.07, 6.45) is 0. The maximum atomic E-state index is 6.14. The van der Waals surface area contributed by atoms with Crippen molar-refractivity contribution < 1.29 is 4.98 Å². The third-order valence-corrected chi connectivity index (χ3v) is 3.99. The number of H-pyrrole nitrogens is 1. The van der Waals surface area contributed by atoms with E-state index >= 15 is 0 Å². The van der Waals surface area contributed by atoms with E-state index in [1.54, 1.807) is 0 Å². The Hall–Kier alpha value is -2.06. The van der Waals surface area contributed by atoms with Crippen LogP contribution >= 0.6 is 11.6 Å². The van der Waals surface area contributed by atoms with Crippen molar-refractivity contribution >= 4 is 33.9 Å². The SMILES string of the molecule is Cc1cc(Nc2ccc(C)c(C)c2)c2cc(Cl)ccc2[nH+]1. The van der Waals surface area contributed by atoms with Crippen LogP contribution in [0.5, 0.6) is 0 Å². The third kappa shape index (κ3) is 2.86. The van der Waals surface area contributed by atoms with E-state index in [-0.39, 0.29) is 0 Å². The molecule has 0 atom stereocenters. The number of nitrogens with one attached hydrogen (secondary N) is 2. The number of halogens is 1. The number of hydrogen-bond acceptors (Lipinski definition) is 1. The number of aromatic nitrogens is 1. The first-order chi connectivity index (χ1) is 10.0. The normalized spacial score (nSPS) is 10.9. The predicted molar refractivity (Wildman–Crippen MR) is 89.4 cm³/mol. The van der Waals surface area contributed by atoms with Crippen molar-refractivity contribution in [1.29, 1.82) is 0 Å². The van der Waals surface area contributed by atoms with Crippen molar-refractivity contribution in [1.82, 2.24) is 0 Å². The second-order valence-electron chi connectivity index (χ2n) is 5.48. The van der Waals surface area contributed by atoms with Gasteiger partial charge in [0.2, 0.25) is 5.52 Å². The minimum atomic E-state index is 0.739. The summed E-state index contributed by atoms with van der Waals surface area (Å²) in [5, 5.41) is 5.33. The van der Waals surface area contributed by atoms with Crippen LogP contribution in [0.3, 0.4) is 0 Å². The highest BCUT2D eigenvalue weighted by molar-refractivity contribution is 6.31. The lowest BCUT2D eigenvalue weighted by Gasteiger charge is -2.10. The number of pyridine rings is 1. The van der Waals surface area contributed by atoms with Crippen LogP contribution in [-0.2, 0) is 0 Å². The minimum Gasteiger partial charge on any atom is -0.355 e. The molecule has 0 spiro atoms. The van der Waals surface area contributed by atoms with E-state index in [1.807, 2.05) is 18.2 Å². The van der Waals surface area contributed by atoms with Crippen molar-refractivity contribution in [2.75, 3.05) is 5.32 Å². The number of fused-ring (bicyclic) bond motifs is 1. The Kier molecular flexibility index (Phi) is 3.56. The molecule has 2 aromatic carbocycles. The lowest BCUT2D eigenvalue weighted by atomic mass is 10.1. The Labute approximate surface area is 129 Å². The van der Waals surface area contributed by atoms with E-state index in [2.05, 4.69) is 55.3 Å². The van der Waals surface area contributed by atoms with Gasteiger partial charge in [-0.1, -0.05) is 17.7 Å². The topological polar surface area (TPSA) is 26.2 Å². The first-order valence-corrected chi connectivity index (χ1v) is 7.37. The monoisotopic (exact) mass is 297 g/mol. The zero-order chi connectivity index (χ0) is 15.0. The number of benzene rings is 2. The fourth-order valence-corrected chi connectivity index (χ4v) is 2.64. The van der Waals surface area contributed by atoms with Crippen LogP contribution in [0.2, 0.25) is 5.02 Å². The molecule has 3 aromatic rings. The Balaban J connectivity index is 2.10. The Bertz CT molecular complexity index is 825. The fraction of sp³-hybridized carbons (Fsp3) is 0.167. The molecule has 2 N–H and O–H groups in total. The van der Waals surface area contributed by atoms with Crippen molar-refractivity contribution in [2.24, 2.45) is 0 Å². The van der Waals surface area contributed by atoms with Crippen LogP contribution in [-0.4, -0.2) is 0 Å². The van der Waals surface area contributed by atoms with E-state index in [0.29, 0.717) is 0 Å². The molecular formula is C18H18ClN2+. The van der Waals surface area contributed by atoms with Crippen molar-refractivity contribution in [3.8, 4) is 0 Å². The quantitative estimate of drug-likeness (QED) is 0.709. The summed E-state index contributed by atoms with van der Waals surface area (Å²) in [6, 6.07) is 14.4. The standard InChI is InChI=1S/C18H17ClN2/c1-11-4-6-15(8-12(11)2)21-18-9-13(3)20-17-7-5-14(19)10-16(17)18/h4-10H,1-3H3,(H,20,21)/p+1. The molecule has 0 amide bonds. The third-order valence-electron chi connectivity index (χ3n) is 3.75. The zero-order valence-electron chi connectivity index (χ0n) is 12.4. The van der Waals surface area contributed by atoms with Gasteiger partial charge in [-0.2, -0.15) is 0 Å². The first-order valence-electron chi connectivity index (χ1n) is 6.99. The van der Waals surface area contributed by atoms with Gasteiger partial charge in [0.05, 0.1) is 11.1 Å². The van der Waals surface area contributed by atoms with Gasteiger partial charge in [0.15, 0.2) is 5.69 Å². The van der Waals surface area contributed by atoms with Crippen LogP contribution < -0.4 is 10.3 Å². The Morgan fingerprint density at radius 1 is 0.905 bits per heavy atom. The largest absolute Gasteiger partial charge is 0.355 e. The van der Waals surface area contributed by atoms with Crippen molar-refractivity contribution in [3.63, 3.8) is 0 Å². The number of anilines is 2. The van der Waals surface area contributed by atoms with Gasteiger partial charge in [0.1, 0.15) is 0 Å². The van der Waals surface area contributed by atoms with E-state index in [4.69, 9.17) is 11.6 Å². The number of aromatic amines is 1.